The molecule has 0 aliphatic rings. The average molecular weight is 315 g/mol. The number of nitrogens with zero attached hydrogens (tertiary/aromatic N) is 2. The van der Waals surface area contributed by atoms with E-state index in [1.54, 1.807) is 0 Å². The Kier molecular flexibility index (Phi) is 5.45. The Morgan fingerprint density at radius 3 is 2.44 bits per heavy atom. The van der Waals surface area contributed by atoms with Crippen LogP contribution in [0.5, 0.6) is 0 Å². The van der Waals surface area contributed by atoms with Crippen molar-refractivity contribution < 1.29 is 4.79 Å². The maximum atomic E-state index is 12.6. The van der Waals surface area contributed by atoms with Gasteiger partial charge in [0.15, 0.2) is 0 Å². The van der Waals surface area contributed by atoms with Gasteiger partial charge in [0.2, 0.25) is 0 Å². The summed E-state index contributed by atoms with van der Waals surface area (Å²) < 4.78 is 2.95. The Hall–Kier alpha value is -0.770. The fourth-order valence-electron chi connectivity index (χ4n) is 1.98. The molecule has 18 heavy (non-hydrogen) atoms. The number of hydrogen-bond donors (Lipinski definition) is 0. The second-order valence-electron chi connectivity index (χ2n) is 5.27. The number of aromatic nitrogens is 1. The molecule has 0 aliphatic heterocycles. The normalized spacial score (nSPS) is 11.3. The molecule has 0 saturated heterocycles. The van der Waals surface area contributed by atoms with E-state index in [1.807, 2.05) is 28.7 Å². The van der Waals surface area contributed by atoms with Gasteiger partial charge in [-0.15, -0.1) is 0 Å². The average Bonchev–Trinajstić information content (AvgIpc) is 2.65. The summed E-state index contributed by atoms with van der Waals surface area (Å²) in [6.45, 7) is 12.0. The minimum absolute atomic E-state index is 0.117. The molecule has 1 amide bonds. The third kappa shape index (κ3) is 3.61. The van der Waals surface area contributed by atoms with Crippen LogP contribution < -0.4 is 0 Å². The van der Waals surface area contributed by atoms with E-state index >= 15 is 0 Å². The molecular weight excluding hydrogens is 292 g/mol. The number of rotatable bonds is 5. The van der Waals surface area contributed by atoms with Crippen LogP contribution in [-0.4, -0.2) is 28.0 Å². The van der Waals surface area contributed by atoms with Crippen LogP contribution in [0.1, 0.15) is 45.1 Å². The molecule has 0 bridgehead atoms. The zero-order chi connectivity index (χ0) is 13.9. The number of carbonyl (C=O) groups is 1. The molecule has 0 aromatic carbocycles. The Bertz CT molecular complexity index is 410. The molecule has 1 heterocycles. The molecule has 0 fully saturated rings. The predicted octanol–water partition coefficient (Wildman–Crippen LogP) is 3.78. The number of amides is 1. The summed E-state index contributed by atoms with van der Waals surface area (Å²) in [5, 5.41) is 0. The van der Waals surface area contributed by atoms with Crippen LogP contribution in [0.2, 0.25) is 0 Å². The van der Waals surface area contributed by atoms with Crippen LogP contribution in [0.4, 0.5) is 0 Å². The lowest BCUT2D eigenvalue weighted by Gasteiger charge is -2.28. The van der Waals surface area contributed by atoms with Crippen molar-refractivity contribution in [2.75, 3.05) is 6.54 Å². The van der Waals surface area contributed by atoms with Gasteiger partial charge >= 0.3 is 0 Å². The van der Waals surface area contributed by atoms with Gasteiger partial charge in [-0.05, 0) is 48.7 Å². The molecule has 3 nitrogen and oxygen atoms in total. The second kappa shape index (κ2) is 6.41. The van der Waals surface area contributed by atoms with Crippen molar-refractivity contribution in [3.63, 3.8) is 0 Å². The number of hydrogen-bond acceptors (Lipinski definition) is 1. The minimum Gasteiger partial charge on any atom is -0.343 e. The molecule has 0 radical (unpaired) electrons. The van der Waals surface area contributed by atoms with Crippen molar-refractivity contribution in [1.82, 2.24) is 9.47 Å². The van der Waals surface area contributed by atoms with E-state index in [-0.39, 0.29) is 11.9 Å². The number of aryl methyl sites for hydroxylation is 1. The van der Waals surface area contributed by atoms with Gasteiger partial charge in [0.25, 0.3) is 5.91 Å². The van der Waals surface area contributed by atoms with Crippen LogP contribution in [-0.2, 0) is 6.54 Å². The Labute approximate surface area is 118 Å². The van der Waals surface area contributed by atoms with E-state index in [4.69, 9.17) is 0 Å². The first-order valence-electron chi connectivity index (χ1n) is 6.53. The van der Waals surface area contributed by atoms with Gasteiger partial charge < -0.3 is 9.47 Å². The smallest absolute Gasteiger partial charge is 0.270 e. The summed E-state index contributed by atoms with van der Waals surface area (Å²) in [4.78, 5) is 14.5. The summed E-state index contributed by atoms with van der Waals surface area (Å²) in [5.41, 5.74) is 0.763. The van der Waals surface area contributed by atoms with E-state index in [2.05, 4.69) is 43.6 Å². The highest BCUT2D eigenvalue weighted by Crippen LogP contribution is 2.18. The van der Waals surface area contributed by atoms with E-state index in [0.29, 0.717) is 5.92 Å². The highest BCUT2D eigenvalue weighted by atomic mass is 79.9. The minimum atomic E-state index is 0.117. The van der Waals surface area contributed by atoms with Gasteiger partial charge in [-0.1, -0.05) is 13.8 Å². The molecule has 0 atom stereocenters. The number of carbonyl (C=O) groups excluding carboxylic acids is 1. The van der Waals surface area contributed by atoms with Gasteiger partial charge in [-0.3, -0.25) is 4.79 Å². The van der Waals surface area contributed by atoms with E-state index < -0.39 is 0 Å². The van der Waals surface area contributed by atoms with Crippen molar-refractivity contribution in [3.05, 3.63) is 22.4 Å². The summed E-state index contributed by atoms with van der Waals surface area (Å²) in [6.07, 6.45) is 1.96. The van der Waals surface area contributed by atoms with Gasteiger partial charge in [0, 0.05) is 29.8 Å². The molecule has 0 unspecified atom stereocenters. The maximum absolute atomic E-state index is 12.6. The molecule has 1 aromatic rings. The summed E-state index contributed by atoms with van der Waals surface area (Å²) in [5.74, 6) is 0.594. The number of halogens is 1. The lowest BCUT2D eigenvalue weighted by Crippen LogP contribution is -2.40. The van der Waals surface area contributed by atoms with Crippen molar-refractivity contribution >= 4 is 21.8 Å². The largest absolute Gasteiger partial charge is 0.343 e. The Morgan fingerprint density at radius 2 is 2.00 bits per heavy atom. The van der Waals surface area contributed by atoms with Crippen molar-refractivity contribution in [1.29, 1.82) is 0 Å². The Balaban J connectivity index is 3.01. The molecule has 0 spiro atoms. The maximum Gasteiger partial charge on any atom is 0.270 e. The molecule has 1 aromatic heterocycles. The van der Waals surface area contributed by atoms with Crippen LogP contribution >= 0.6 is 15.9 Å². The molecule has 0 N–H and O–H groups in total. The fourth-order valence-corrected chi connectivity index (χ4v) is 2.45. The molecule has 102 valence electrons. The van der Waals surface area contributed by atoms with Gasteiger partial charge in [-0.25, -0.2) is 0 Å². The quantitative estimate of drug-likeness (QED) is 0.812. The van der Waals surface area contributed by atoms with Crippen molar-refractivity contribution in [2.45, 2.75) is 47.2 Å². The molecule has 0 saturated carbocycles. The van der Waals surface area contributed by atoms with Crippen molar-refractivity contribution in [2.24, 2.45) is 5.92 Å². The van der Waals surface area contributed by atoms with Crippen LogP contribution in [0, 0.1) is 5.92 Å². The lowest BCUT2D eigenvalue weighted by molar-refractivity contribution is 0.0671. The van der Waals surface area contributed by atoms with Gasteiger partial charge in [0.1, 0.15) is 5.69 Å². The first-order valence-corrected chi connectivity index (χ1v) is 7.32. The summed E-state index contributed by atoms with van der Waals surface area (Å²) >= 11 is 3.44. The SMILES string of the molecule is CCn1cc(Br)cc1C(=O)N(CC(C)C)C(C)C. The van der Waals surface area contributed by atoms with E-state index in [1.165, 1.54) is 0 Å². The first kappa shape index (κ1) is 15.3. The summed E-state index contributed by atoms with van der Waals surface area (Å²) in [7, 11) is 0. The zero-order valence-electron chi connectivity index (χ0n) is 11.9. The van der Waals surface area contributed by atoms with E-state index in [9.17, 15) is 4.79 Å². The second-order valence-corrected chi connectivity index (χ2v) is 6.19. The highest BCUT2D eigenvalue weighted by molar-refractivity contribution is 9.10. The topological polar surface area (TPSA) is 25.2 Å². The van der Waals surface area contributed by atoms with E-state index in [0.717, 1.165) is 23.3 Å². The molecule has 0 aliphatic carbocycles. The standard InChI is InChI=1S/C14H23BrN2O/c1-6-16-9-12(15)7-13(16)14(18)17(11(4)5)8-10(2)3/h7,9-11H,6,8H2,1-5H3. The predicted molar refractivity (Wildman–Crippen MR) is 78.8 cm³/mol. The van der Waals surface area contributed by atoms with Gasteiger partial charge in [-0.2, -0.15) is 0 Å². The fraction of sp³-hybridized carbons (Fsp3) is 0.643. The molecule has 1 rings (SSSR count). The summed E-state index contributed by atoms with van der Waals surface area (Å²) in [6, 6.07) is 2.13. The zero-order valence-corrected chi connectivity index (χ0v) is 13.5. The highest BCUT2D eigenvalue weighted by Gasteiger charge is 2.22. The molecule has 4 heteroatoms. The van der Waals surface area contributed by atoms with Crippen LogP contribution in [0.3, 0.4) is 0 Å². The molecular formula is C14H23BrN2O. The monoisotopic (exact) mass is 314 g/mol. The third-order valence-corrected chi connectivity index (χ3v) is 3.30. The van der Waals surface area contributed by atoms with Crippen LogP contribution in [0.25, 0.3) is 0 Å². The van der Waals surface area contributed by atoms with Gasteiger partial charge in [0.05, 0.1) is 0 Å². The van der Waals surface area contributed by atoms with Crippen molar-refractivity contribution in [3.8, 4) is 0 Å². The Morgan fingerprint density at radius 1 is 1.39 bits per heavy atom. The first-order chi connectivity index (χ1) is 8.36. The lowest BCUT2D eigenvalue weighted by atomic mass is 10.1. The third-order valence-electron chi connectivity index (χ3n) is 2.87. The van der Waals surface area contributed by atoms with Crippen LogP contribution in [0.15, 0.2) is 16.7 Å².